The number of hydrogen-bond acceptors (Lipinski definition) is 5. The van der Waals surface area contributed by atoms with Gasteiger partial charge in [-0.2, -0.15) is 0 Å². The summed E-state index contributed by atoms with van der Waals surface area (Å²) >= 11 is 1.80. The van der Waals surface area contributed by atoms with Gasteiger partial charge in [-0.05, 0) is 51.5 Å². The van der Waals surface area contributed by atoms with Crippen LogP contribution in [0.4, 0.5) is 4.79 Å². The van der Waals surface area contributed by atoms with Crippen LogP contribution in [0.15, 0.2) is 22.5 Å². The summed E-state index contributed by atoms with van der Waals surface area (Å²) < 4.78 is 11.2. The Labute approximate surface area is 208 Å². The number of carbonyl (C=O) groups is 1. The van der Waals surface area contributed by atoms with Gasteiger partial charge >= 0.3 is 6.09 Å². The number of nitrogens with one attached hydrogen (secondary N) is 2. The third-order valence-corrected chi connectivity index (χ3v) is 6.00. The van der Waals surface area contributed by atoms with Crippen LogP contribution in [0.25, 0.3) is 0 Å². The third kappa shape index (κ3) is 10.9. The highest BCUT2D eigenvalue weighted by Crippen LogP contribution is 2.20. The lowest BCUT2D eigenvalue weighted by Crippen LogP contribution is -2.47. The van der Waals surface area contributed by atoms with E-state index in [1.54, 1.807) is 11.3 Å². The Kier molecular flexibility index (Phi) is 12.8. The average Bonchev–Trinajstić information content (AvgIpc) is 3.22. The summed E-state index contributed by atoms with van der Waals surface area (Å²) in [5.74, 6) is 1.44. The number of hydrogen-bond donors (Lipinski definition) is 2. The quantitative estimate of drug-likeness (QED) is 0.211. The molecule has 0 aromatic carbocycles. The van der Waals surface area contributed by atoms with Crippen LogP contribution in [0.5, 0.6) is 0 Å². The van der Waals surface area contributed by atoms with E-state index in [1.165, 1.54) is 4.88 Å². The molecule has 31 heavy (non-hydrogen) atoms. The van der Waals surface area contributed by atoms with Crippen molar-refractivity contribution in [3.05, 3.63) is 22.4 Å². The van der Waals surface area contributed by atoms with Gasteiger partial charge in [0, 0.05) is 50.6 Å². The SMILES string of the molecule is CN=C(NCC(C)c1cccs1)N1CCC(OCCCNC(=O)OC(C)(C)C)CC1.I. The third-order valence-electron chi connectivity index (χ3n) is 4.89. The van der Waals surface area contributed by atoms with Crippen molar-refractivity contribution in [3.8, 4) is 0 Å². The first-order valence-electron chi connectivity index (χ1n) is 10.9. The summed E-state index contributed by atoms with van der Waals surface area (Å²) in [6.45, 7) is 11.8. The van der Waals surface area contributed by atoms with Crippen LogP contribution >= 0.6 is 35.3 Å². The van der Waals surface area contributed by atoms with Gasteiger partial charge in [0.05, 0.1) is 6.10 Å². The van der Waals surface area contributed by atoms with E-state index >= 15 is 0 Å². The van der Waals surface area contributed by atoms with Crippen molar-refractivity contribution >= 4 is 47.4 Å². The smallest absolute Gasteiger partial charge is 0.407 e. The van der Waals surface area contributed by atoms with Gasteiger partial charge in [-0.25, -0.2) is 4.79 Å². The second-order valence-corrected chi connectivity index (χ2v) is 9.66. The van der Waals surface area contributed by atoms with Crippen molar-refractivity contribution in [1.82, 2.24) is 15.5 Å². The number of rotatable bonds is 8. The minimum absolute atomic E-state index is 0. The molecule has 1 aromatic heterocycles. The molecule has 1 fully saturated rings. The lowest BCUT2D eigenvalue weighted by Gasteiger charge is -2.34. The maximum Gasteiger partial charge on any atom is 0.407 e. The van der Waals surface area contributed by atoms with Gasteiger partial charge < -0.3 is 25.0 Å². The van der Waals surface area contributed by atoms with E-state index in [-0.39, 0.29) is 36.2 Å². The molecular weight excluding hydrogens is 527 g/mol. The number of guanidine groups is 1. The molecule has 0 bridgehead atoms. The minimum Gasteiger partial charge on any atom is -0.444 e. The predicted molar refractivity (Wildman–Crippen MR) is 139 cm³/mol. The van der Waals surface area contributed by atoms with Gasteiger partial charge in [0.25, 0.3) is 0 Å². The standard InChI is InChI=1S/C22H38N4O3S.HI/c1-17(19-8-6-15-30-19)16-25-20(23-5)26-12-9-18(10-13-26)28-14-7-11-24-21(27)29-22(2,3)4;/h6,8,15,17-18H,7,9-14,16H2,1-5H3,(H,23,25)(H,24,27);1H. The first-order chi connectivity index (χ1) is 14.3. The highest BCUT2D eigenvalue weighted by molar-refractivity contribution is 14.0. The van der Waals surface area contributed by atoms with Gasteiger partial charge in [-0.15, -0.1) is 35.3 Å². The summed E-state index contributed by atoms with van der Waals surface area (Å²) in [7, 11) is 1.85. The molecule has 7 nitrogen and oxygen atoms in total. The highest BCUT2D eigenvalue weighted by Gasteiger charge is 2.22. The van der Waals surface area contributed by atoms with E-state index in [2.05, 4.69) is 45.0 Å². The number of carbonyl (C=O) groups excluding carboxylic acids is 1. The second-order valence-electron chi connectivity index (χ2n) is 8.68. The molecule has 1 saturated heterocycles. The topological polar surface area (TPSA) is 75.2 Å². The molecule has 178 valence electrons. The molecule has 0 radical (unpaired) electrons. The van der Waals surface area contributed by atoms with E-state index in [0.717, 1.165) is 44.9 Å². The van der Waals surface area contributed by atoms with Crippen molar-refractivity contribution < 1.29 is 14.3 Å². The van der Waals surface area contributed by atoms with E-state index in [1.807, 2.05) is 27.8 Å². The van der Waals surface area contributed by atoms with Crippen LogP contribution in [-0.2, 0) is 9.47 Å². The van der Waals surface area contributed by atoms with Crippen LogP contribution < -0.4 is 10.6 Å². The zero-order chi connectivity index (χ0) is 22.0. The Hall–Kier alpha value is -1.07. The zero-order valence-corrected chi connectivity index (χ0v) is 22.6. The van der Waals surface area contributed by atoms with Crippen molar-refractivity contribution in [3.63, 3.8) is 0 Å². The average molecular weight is 567 g/mol. The van der Waals surface area contributed by atoms with Crippen molar-refractivity contribution in [1.29, 1.82) is 0 Å². The van der Waals surface area contributed by atoms with Crippen molar-refractivity contribution in [2.45, 2.75) is 64.6 Å². The fraction of sp³-hybridized carbons (Fsp3) is 0.727. The Morgan fingerprint density at radius 2 is 2.03 bits per heavy atom. The molecule has 2 rings (SSSR count). The summed E-state index contributed by atoms with van der Waals surface area (Å²) in [4.78, 5) is 19.8. The molecule has 1 aliphatic rings. The first-order valence-corrected chi connectivity index (χ1v) is 11.7. The summed E-state index contributed by atoms with van der Waals surface area (Å²) in [5, 5.41) is 8.41. The number of alkyl carbamates (subject to hydrolysis) is 1. The zero-order valence-electron chi connectivity index (χ0n) is 19.5. The number of aliphatic imine (C=N–C) groups is 1. The van der Waals surface area contributed by atoms with Crippen LogP contribution in [0.2, 0.25) is 0 Å². The van der Waals surface area contributed by atoms with Crippen LogP contribution in [0.1, 0.15) is 57.8 Å². The second kappa shape index (κ2) is 14.2. The van der Waals surface area contributed by atoms with Gasteiger partial charge in [0.15, 0.2) is 5.96 Å². The fourth-order valence-electron chi connectivity index (χ4n) is 3.31. The Morgan fingerprint density at radius 3 is 2.61 bits per heavy atom. The fourth-order valence-corrected chi connectivity index (χ4v) is 4.10. The number of halogens is 1. The minimum atomic E-state index is -0.466. The predicted octanol–water partition coefficient (Wildman–Crippen LogP) is 4.44. The number of ether oxygens (including phenoxy) is 2. The molecule has 0 saturated carbocycles. The van der Waals surface area contributed by atoms with Gasteiger partial charge in [0.2, 0.25) is 0 Å². The van der Waals surface area contributed by atoms with Crippen LogP contribution in [0.3, 0.4) is 0 Å². The van der Waals surface area contributed by atoms with E-state index in [4.69, 9.17) is 9.47 Å². The normalized spacial score (nSPS) is 16.4. The maximum absolute atomic E-state index is 11.6. The van der Waals surface area contributed by atoms with E-state index in [9.17, 15) is 4.79 Å². The molecule has 2 heterocycles. The van der Waals surface area contributed by atoms with Gasteiger partial charge in [-0.3, -0.25) is 4.99 Å². The largest absolute Gasteiger partial charge is 0.444 e. The molecule has 2 N–H and O–H groups in total. The lowest BCUT2D eigenvalue weighted by molar-refractivity contribution is 0.0170. The Balaban J connectivity index is 0.00000480. The number of piperidine rings is 1. The van der Waals surface area contributed by atoms with Gasteiger partial charge in [-0.1, -0.05) is 13.0 Å². The Bertz CT molecular complexity index is 656. The summed E-state index contributed by atoms with van der Waals surface area (Å²) in [6.07, 6.45) is 2.65. The highest BCUT2D eigenvalue weighted by atomic mass is 127. The molecule has 1 unspecified atom stereocenters. The van der Waals surface area contributed by atoms with Crippen molar-refractivity contribution in [2.75, 3.05) is 39.8 Å². The van der Waals surface area contributed by atoms with E-state index in [0.29, 0.717) is 19.1 Å². The summed E-state index contributed by atoms with van der Waals surface area (Å²) in [5.41, 5.74) is -0.466. The molecule has 9 heteroatoms. The molecule has 0 aliphatic carbocycles. The number of amides is 1. The molecule has 0 spiro atoms. The molecule has 1 aromatic rings. The first kappa shape index (κ1) is 28.0. The lowest BCUT2D eigenvalue weighted by atomic mass is 10.1. The molecule has 1 amide bonds. The van der Waals surface area contributed by atoms with Crippen LogP contribution in [0, 0.1) is 0 Å². The number of nitrogens with zero attached hydrogens (tertiary/aromatic N) is 2. The van der Waals surface area contributed by atoms with E-state index < -0.39 is 5.60 Å². The maximum atomic E-state index is 11.6. The summed E-state index contributed by atoms with van der Waals surface area (Å²) in [6, 6.07) is 4.29. The van der Waals surface area contributed by atoms with Gasteiger partial charge in [0.1, 0.15) is 5.60 Å². The Morgan fingerprint density at radius 1 is 1.32 bits per heavy atom. The van der Waals surface area contributed by atoms with Crippen LogP contribution in [-0.4, -0.2) is 68.5 Å². The molecular formula is C22H39IN4O3S. The molecule has 1 aliphatic heterocycles. The number of thiophene rings is 1. The number of likely N-dealkylation sites (tertiary alicyclic amines) is 1. The monoisotopic (exact) mass is 566 g/mol. The van der Waals surface area contributed by atoms with Crippen molar-refractivity contribution in [2.24, 2.45) is 4.99 Å². The molecule has 1 atom stereocenters.